The Morgan fingerprint density at radius 1 is 1.22 bits per heavy atom. The van der Waals surface area contributed by atoms with E-state index >= 15 is 0 Å². The highest BCUT2D eigenvalue weighted by Gasteiger charge is 2.43. The number of halogens is 1. The first-order valence-electron chi connectivity index (χ1n) is 11.9. The van der Waals surface area contributed by atoms with Gasteiger partial charge in [0.1, 0.15) is 17.4 Å². The van der Waals surface area contributed by atoms with Crippen LogP contribution in [0.15, 0.2) is 65.3 Å². The van der Waals surface area contributed by atoms with Gasteiger partial charge in [-0.1, -0.05) is 37.6 Å². The number of carbonyl (C=O) groups is 2. The largest absolute Gasteiger partial charge is 0.490 e. The van der Waals surface area contributed by atoms with Gasteiger partial charge in [-0.25, -0.2) is 0 Å². The minimum atomic E-state index is -0.684. The lowest BCUT2D eigenvalue weighted by Crippen LogP contribution is -2.33. The molecule has 0 bridgehead atoms. The van der Waals surface area contributed by atoms with Crippen molar-refractivity contribution in [1.29, 1.82) is 5.26 Å². The van der Waals surface area contributed by atoms with Gasteiger partial charge in [0.2, 0.25) is 5.88 Å². The summed E-state index contributed by atoms with van der Waals surface area (Å²) in [5, 5.41) is 13.1. The summed E-state index contributed by atoms with van der Waals surface area (Å²) in [6.07, 6.45) is 0.872. The fourth-order valence-electron chi connectivity index (χ4n) is 4.62. The summed E-state index contributed by atoms with van der Waals surface area (Å²) in [5.74, 6) is 0.0879. The zero-order chi connectivity index (χ0) is 26.7. The third-order valence-electron chi connectivity index (χ3n) is 6.14. The molecular weight excluding hydrogens is 494 g/mol. The van der Waals surface area contributed by atoms with E-state index in [9.17, 15) is 14.9 Å². The van der Waals surface area contributed by atoms with Crippen molar-refractivity contribution in [3.05, 3.63) is 75.8 Å². The van der Waals surface area contributed by atoms with Crippen LogP contribution in [0.1, 0.15) is 45.1 Å². The molecule has 0 saturated heterocycles. The number of nitrogens with zero attached hydrogens (tertiary/aromatic N) is 1. The molecule has 1 aliphatic carbocycles. The Morgan fingerprint density at radius 3 is 2.70 bits per heavy atom. The summed E-state index contributed by atoms with van der Waals surface area (Å²) in [7, 11) is 0. The van der Waals surface area contributed by atoms with E-state index < -0.39 is 5.92 Å². The first-order chi connectivity index (χ1) is 17.6. The Balaban J connectivity index is 1.62. The van der Waals surface area contributed by atoms with Crippen molar-refractivity contribution in [3.63, 3.8) is 0 Å². The van der Waals surface area contributed by atoms with Crippen molar-refractivity contribution >= 4 is 29.0 Å². The van der Waals surface area contributed by atoms with E-state index in [4.69, 9.17) is 31.5 Å². The van der Waals surface area contributed by atoms with Crippen molar-refractivity contribution in [2.75, 3.05) is 18.5 Å². The number of rotatable bonds is 7. The maximum absolute atomic E-state index is 13.2. The number of hydrogen-bond acceptors (Lipinski definition) is 7. The Hall–Kier alpha value is -3.96. The highest BCUT2D eigenvalue weighted by molar-refractivity contribution is 6.30. The van der Waals surface area contributed by atoms with Gasteiger partial charge in [0, 0.05) is 29.1 Å². The first-order valence-corrected chi connectivity index (χ1v) is 12.3. The molecule has 1 unspecified atom stereocenters. The monoisotopic (exact) mass is 521 g/mol. The molecule has 0 spiro atoms. The second-order valence-electron chi connectivity index (χ2n) is 9.69. The van der Waals surface area contributed by atoms with E-state index in [0.29, 0.717) is 58.6 Å². The summed E-state index contributed by atoms with van der Waals surface area (Å²) in [5.41, 5.74) is 7.66. The molecule has 37 heavy (non-hydrogen) atoms. The second-order valence-corrected chi connectivity index (χ2v) is 10.1. The number of hydrogen-bond donors (Lipinski definition) is 2. The summed E-state index contributed by atoms with van der Waals surface area (Å²) >= 11 is 5.97. The Morgan fingerprint density at radius 2 is 2.00 bits per heavy atom. The molecule has 192 valence electrons. The number of allylic oxidation sites excluding steroid dienone is 3. The number of ketones is 1. The van der Waals surface area contributed by atoms with Gasteiger partial charge in [-0.3, -0.25) is 9.59 Å². The zero-order valence-electron chi connectivity index (χ0n) is 20.9. The summed E-state index contributed by atoms with van der Waals surface area (Å²) < 4.78 is 17.3. The molecule has 0 radical (unpaired) electrons. The number of nitrogens with two attached hydrogens (primary N) is 1. The summed E-state index contributed by atoms with van der Waals surface area (Å²) in [4.78, 5) is 25.6. The van der Waals surface area contributed by atoms with Crippen LogP contribution in [0.4, 0.5) is 5.69 Å². The molecule has 2 aromatic rings. The van der Waals surface area contributed by atoms with Crippen LogP contribution < -0.4 is 20.5 Å². The fourth-order valence-corrected chi connectivity index (χ4v) is 4.81. The molecule has 2 aliphatic rings. The Bertz CT molecular complexity index is 1360. The smallest absolute Gasteiger partial charge is 0.262 e. The summed E-state index contributed by atoms with van der Waals surface area (Å²) in [6, 6.07) is 14.0. The van der Waals surface area contributed by atoms with Gasteiger partial charge >= 0.3 is 0 Å². The molecule has 1 aliphatic heterocycles. The van der Waals surface area contributed by atoms with Gasteiger partial charge in [-0.15, -0.1) is 0 Å². The van der Waals surface area contributed by atoms with E-state index in [2.05, 4.69) is 11.4 Å². The van der Waals surface area contributed by atoms with Gasteiger partial charge in [0.05, 0.1) is 12.5 Å². The van der Waals surface area contributed by atoms with Crippen molar-refractivity contribution in [1.82, 2.24) is 0 Å². The van der Waals surface area contributed by atoms with Crippen molar-refractivity contribution < 1.29 is 23.8 Å². The van der Waals surface area contributed by atoms with Crippen LogP contribution in [0.2, 0.25) is 5.02 Å². The minimum absolute atomic E-state index is 0.00674. The van der Waals surface area contributed by atoms with Crippen LogP contribution in [-0.4, -0.2) is 24.9 Å². The molecule has 9 heteroatoms. The predicted molar refractivity (Wildman–Crippen MR) is 139 cm³/mol. The Labute approximate surface area is 220 Å². The van der Waals surface area contributed by atoms with Crippen LogP contribution in [0.25, 0.3) is 0 Å². The first kappa shape index (κ1) is 26.1. The van der Waals surface area contributed by atoms with E-state index in [1.807, 2.05) is 20.8 Å². The van der Waals surface area contributed by atoms with E-state index in [1.54, 1.807) is 42.5 Å². The van der Waals surface area contributed by atoms with Crippen LogP contribution in [0.5, 0.6) is 11.5 Å². The lowest BCUT2D eigenvalue weighted by molar-refractivity contribution is -0.119. The van der Waals surface area contributed by atoms with Crippen LogP contribution >= 0.6 is 11.6 Å². The zero-order valence-corrected chi connectivity index (χ0v) is 21.6. The van der Waals surface area contributed by atoms with Crippen LogP contribution in [0, 0.1) is 16.7 Å². The average Bonchev–Trinajstić information content (AvgIpc) is 2.82. The number of nitriles is 1. The van der Waals surface area contributed by atoms with Gasteiger partial charge < -0.3 is 25.3 Å². The molecule has 0 aromatic heterocycles. The van der Waals surface area contributed by atoms with E-state index in [1.165, 1.54) is 0 Å². The molecule has 4 rings (SSSR count). The number of anilines is 1. The lowest BCUT2D eigenvalue weighted by Gasteiger charge is -2.37. The highest BCUT2D eigenvalue weighted by Crippen LogP contribution is 2.48. The third-order valence-corrected chi connectivity index (χ3v) is 6.38. The third kappa shape index (κ3) is 5.73. The normalized spacial score (nSPS) is 18.5. The SMILES string of the molecule is CCOc1cc(C2C(C#N)=C(N)OC3=C2C(=O)CC(C)(C)C3)ccc1OCC(=O)Nc1cccc(Cl)c1. The molecule has 1 heterocycles. The molecule has 0 saturated carbocycles. The number of nitrogens with one attached hydrogen (secondary N) is 1. The van der Waals surface area contributed by atoms with Crippen molar-refractivity contribution in [2.45, 2.75) is 39.5 Å². The lowest BCUT2D eigenvalue weighted by atomic mass is 9.70. The maximum Gasteiger partial charge on any atom is 0.262 e. The molecule has 2 aromatic carbocycles. The number of Topliss-reactive ketones (excluding diaryl/α,β-unsaturated/α-hetero) is 1. The van der Waals surface area contributed by atoms with Gasteiger partial charge in [0.25, 0.3) is 5.91 Å². The molecule has 0 fully saturated rings. The second kappa shape index (κ2) is 10.6. The van der Waals surface area contributed by atoms with Gasteiger partial charge in [-0.2, -0.15) is 5.26 Å². The topological polar surface area (TPSA) is 124 Å². The number of amides is 1. The fraction of sp³-hybridized carbons (Fsp3) is 0.321. The maximum atomic E-state index is 13.2. The van der Waals surface area contributed by atoms with Crippen LogP contribution in [0.3, 0.4) is 0 Å². The Kier molecular flexibility index (Phi) is 7.46. The predicted octanol–water partition coefficient (Wildman–Crippen LogP) is 5.21. The highest BCUT2D eigenvalue weighted by atomic mass is 35.5. The average molecular weight is 522 g/mol. The molecule has 8 nitrogen and oxygen atoms in total. The molecule has 1 amide bonds. The standard InChI is InChI=1S/C28H28ClN3O5/c1-4-35-22-10-16(8-9-21(22)36-15-24(34)32-18-7-5-6-17(29)11-18)25-19(14-30)27(31)37-23-13-28(2,3)12-20(33)26(23)25/h5-11,25H,4,12-13,15,31H2,1-3H3,(H,32,34). The quantitative estimate of drug-likeness (QED) is 0.512. The van der Waals surface area contributed by atoms with Crippen LogP contribution in [-0.2, 0) is 14.3 Å². The minimum Gasteiger partial charge on any atom is -0.490 e. The van der Waals surface area contributed by atoms with E-state index in [0.717, 1.165) is 0 Å². The molecular formula is C28H28ClN3O5. The molecule has 1 atom stereocenters. The molecule has 3 N–H and O–H groups in total. The van der Waals surface area contributed by atoms with Gasteiger partial charge in [-0.05, 0) is 48.2 Å². The van der Waals surface area contributed by atoms with E-state index in [-0.39, 0.29) is 35.2 Å². The van der Waals surface area contributed by atoms with Crippen molar-refractivity contribution in [3.8, 4) is 17.6 Å². The number of carbonyl (C=O) groups excluding carboxylic acids is 2. The number of ether oxygens (including phenoxy) is 3. The van der Waals surface area contributed by atoms with Gasteiger partial charge in [0.15, 0.2) is 23.9 Å². The number of benzene rings is 2. The van der Waals surface area contributed by atoms with Crippen molar-refractivity contribution in [2.24, 2.45) is 11.1 Å². The summed E-state index contributed by atoms with van der Waals surface area (Å²) in [6.45, 7) is 5.89.